The highest BCUT2D eigenvalue weighted by atomic mass is 31.0. The van der Waals surface area contributed by atoms with Crippen molar-refractivity contribution in [2.24, 2.45) is 0 Å². The van der Waals surface area contributed by atoms with Crippen molar-refractivity contribution in [3.63, 3.8) is 0 Å². The number of hydrogen-bond donors (Lipinski definition) is 0. The fourth-order valence-electron chi connectivity index (χ4n) is 10.6. The van der Waals surface area contributed by atoms with Crippen molar-refractivity contribution in [2.45, 2.75) is 144 Å². The van der Waals surface area contributed by atoms with Gasteiger partial charge in [0.1, 0.15) is 0 Å². The van der Waals surface area contributed by atoms with Crippen molar-refractivity contribution >= 4 is 31.7 Å². The maximum absolute atomic E-state index is 7.05. The molecule has 0 aromatic heterocycles. The summed E-state index contributed by atoms with van der Waals surface area (Å²) in [5, 5.41) is 1.45. The van der Waals surface area contributed by atoms with Crippen molar-refractivity contribution in [3.05, 3.63) is 29.3 Å². The minimum atomic E-state index is -1.67. The van der Waals surface area contributed by atoms with Crippen LogP contribution in [0.5, 0.6) is 0 Å². The summed E-state index contributed by atoms with van der Waals surface area (Å²) in [6.07, 6.45) is 3.88. The Morgan fingerprint density at radius 2 is 1.12 bits per heavy atom. The number of rotatable bonds is 5. The summed E-state index contributed by atoms with van der Waals surface area (Å²) in [6.45, 7) is 20.7. The van der Waals surface area contributed by atoms with Crippen LogP contribution in [-0.2, 0) is 39.3 Å². The Hall–Kier alpha value is 0.0569. The van der Waals surface area contributed by atoms with E-state index in [-0.39, 0.29) is 12.6 Å². The third kappa shape index (κ3) is 3.24. The molecule has 0 radical (unpaired) electrons. The number of benzene rings is 1. The van der Waals surface area contributed by atoms with Gasteiger partial charge >= 0.3 is 0 Å². The Morgan fingerprint density at radius 1 is 0.675 bits per heavy atom. The first-order valence-electron chi connectivity index (χ1n) is 15.0. The molecule has 8 fully saturated rings. The molecule has 1 aromatic carbocycles. The minimum Gasteiger partial charge on any atom is -0.345 e. The zero-order valence-electron chi connectivity index (χ0n) is 25.7. The molecular formula is C31H48O6P2Si. The van der Waals surface area contributed by atoms with Crippen molar-refractivity contribution in [3.8, 4) is 0 Å². The highest BCUT2D eigenvalue weighted by Crippen LogP contribution is 2.70. The molecule has 8 saturated heterocycles. The molecule has 0 N–H and O–H groups in total. The largest absolute Gasteiger partial charge is 0.345 e. The molecule has 40 heavy (non-hydrogen) atoms. The maximum atomic E-state index is 7.05. The summed E-state index contributed by atoms with van der Waals surface area (Å²) < 4.78 is 40.5. The second kappa shape index (κ2) is 8.01. The van der Waals surface area contributed by atoms with Crippen LogP contribution in [0.25, 0.3) is 0 Å². The zero-order valence-corrected chi connectivity index (χ0v) is 29.0. The first kappa shape index (κ1) is 28.8. The van der Waals surface area contributed by atoms with Gasteiger partial charge in [-0.05, 0) is 65.0 Å². The molecule has 0 amide bonds. The third-order valence-corrected chi connectivity index (χ3v) is 15.2. The smallest absolute Gasteiger partial charge is 0.172 e. The Bertz CT molecular complexity index is 1240. The lowest BCUT2D eigenvalue weighted by molar-refractivity contribution is -0.501. The molecule has 12 unspecified atom stereocenters. The van der Waals surface area contributed by atoms with Gasteiger partial charge in [0.05, 0.1) is 41.3 Å². The van der Waals surface area contributed by atoms with E-state index in [1.807, 2.05) is 0 Å². The molecule has 6 nitrogen and oxygen atoms in total. The van der Waals surface area contributed by atoms with Crippen LogP contribution in [0.1, 0.15) is 78.4 Å². The van der Waals surface area contributed by atoms with Crippen LogP contribution < -0.4 is 5.19 Å². The predicted molar refractivity (Wildman–Crippen MR) is 165 cm³/mol. The molecule has 0 saturated carbocycles. The Balaban J connectivity index is 1.55. The van der Waals surface area contributed by atoms with Crippen LogP contribution in [0.4, 0.5) is 0 Å². The predicted octanol–water partition coefficient (Wildman–Crippen LogP) is 5.32. The average molecular weight is 607 g/mol. The van der Waals surface area contributed by atoms with Gasteiger partial charge in [0.15, 0.2) is 24.2 Å². The van der Waals surface area contributed by atoms with Gasteiger partial charge in [0, 0.05) is 25.7 Å². The normalized spacial score (nSPS) is 54.4. The summed E-state index contributed by atoms with van der Waals surface area (Å²) in [5.74, 6) is -1.30. The molecule has 8 bridgehead atoms. The molecule has 12 atom stereocenters. The molecule has 8 aliphatic heterocycles. The van der Waals surface area contributed by atoms with E-state index >= 15 is 0 Å². The second-order valence-electron chi connectivity index (χ2n) is 15.7. The van der Waals surface area contributed by atoms with Crippen LogP contribution in [0.2, 0.25) is 19.6 Å². The quantitative estimate of drug-likeness (QED) is 0.334. The standard InChI is InChI=1S/C31H48O6P2Si/c1-24-13-22-32-26(3,15-28(5,34-22)36-24)30(24,17-38)20-11-10-19(40(7,8)9)12-21(20)31(18-39)25(2)14-23-33-27(31,4)16-29(6,35-23)37-25/h10-12,22-23H,13-18,38-39H2,1-9H3. The molecule has 222 valence electrons. The molecule has 8 heterocycles. The van der Waals surface area contributed by atoms with Gasteiger partial charge in [-0.1, -0.05) is 43.0 Å². The topological polar surface area (TPSA) is 55.4 Å². The summed E-state index contributed by atoms with van der Waals surface area (Å²) >= 11 is 0. The van der Waals surface area contributed by atoms with E-state index in [1.54, 1.807) is 0 Å². The fourth-order valence-corrected chi connectivity index (χ4v) is 14.0. The van der Waals surface area contributed by atoms with E-state index in [2.05, 4.69) is 97.9 Å². The number of ether oxygens (including phenoxy) is 6. The molecule has 9 rings (SSSR count). The maximum Gasteiger partial charge on any atom is 0.172 e. The SMILES string of the molecule is CC12CC3(C)OC(CC(C)(O1)C3(CP)c1ccc([Si](C)(C)C)cc1C1(CP)C3(C)CC4(C)OC(CC1(C)O4)O3)O2. The van der Waals surface area contributed by atoms with Crippen LogP contribution in [0, 0.1) is 0 Å². The van der Waals surface area contributed by atoms with Gasteiger partial charge in [-0.15, -0.1) is 18.5 Å². The van der Waals surface area contributed by atoms with E-state index in [0.29, 0.717) is 25.7 Å². The monoisotopic (exact) mass is 606 g/mol. The van der Waals surface area contributed by atoms with Crippen LogP contribution in [0.15, 0.2) is 18.2 Å². The van der Waals surface area contributed by atoms with E-state index in [4.69, 9.17) is 28.4 Å². The van der Waals surface area contributed by atoms with Gasteiger partial charge in [0.25, 0.3) is 0 Å². The van der Waals surface area contributed by atoms with Crippen LogP contribution >= 0.6 is 18.5 Å². The first-order valence-corrected chi connectivity index (χ1v) is 20.2. The zero-order chi connectivity index (χ0) is 29.0. The molecule has 8 aliphatic rings. The van der Waals surface area contributed by atoms with Crippen LogP contribution in [0.3, 0.4) is 0 Å². The van der Waals surface area contributed by atoms with Crippen molar-refractivity contribution in [1.29, 1.82) is 0 Å². The lowest BCUT2D eigenvalue weighted by atomic mass is 9.47. The summed E-state index contributed by atoms with van der Waals surface area (Å²) in [6, 6.07) is 7.37. The molecular weight excluding hydrogens is 558 g/mol. The van der Waals surface area contributed by atoms with Gasteiger partial charge < -0.3 is 28.4 Å². The second-order valence-corrected chi connectivity index (χ2v) is 21.6. The molecule has 1 aromatic rings. The van der Waals surface area contributed by atoms with Gasteiger partial charge in [-0.25, -0.2) is 0 Å². The fraction of sp³-hybridized carbons (Fsp3) is 0.806. The van der Waals surface area contributed by atoms with Crippen molar-refractivity contribution in [2.75, 3.05) is 12.3 Å². The first-order chi connectivity index (χ1) is 18.4. The van der Waals surface area contributed by atoms with Gasteiger partial charge in [0.2, 0.25) is 0 Å². The van der Waals surface area contributed by atoms with E-state index in [9.17, 15) is 0 Å². The van der Waals surface area contributed by atoms with Crippen molar-refractivity contribution < 1.29 is 28.4 Å². The highest BCUT2D eigenvalue weighted by molar-refractivity contribution is 7.16. The lowest BCUT2D eigenvalue weighted by Crippen LogP contribution is -2.83. The van der Waals surface area contributed by atoms with Crippen molar-refractivity contribution in [1.82, 2.24) is 0 Å². The average Bonchev–Trinajstić information content (AvgIpc) is 2.75. The molecule has 0 aliphatic carbocycles. The van der Waals surface area contributed by atoms with E-state index in [1.165, 1.54) is 16.3 Å². The van der Waals surface area contributed by atoms with E-state index < -0.39 is 52.9 Å². The Kier molecular flexibility index (Phi) is 5.77. The third-order valence-electron chi connectivity index (χ3n) is 11.9. The highest BCUT2D eigenvalue weighted by Gasteiger charge is 2.78. The van der Waals surface area contributed by atoms with E-state index in [0.717, 1.165) is 12.3 Å². The Morgan fingerprint density at radius 3 is 1.50 bits per heavy atom. The summed E-state index contributed by atoms with van der Waals surface area (Å²) in [7, 11) is 4.54. The lowest BCUT2D eigenvalue weighted by Gasteiger charge is -2.74. The Labute approximate surface area is 245 Å². The molecule has 9 heteroatoms. The summed E-state index contributed by atoms with van der Waals surface area (Å²) in [4.78, 5) is 0. The summed E-state index contributed by atoms with van der Waals surface area (Å²) in [5.41, 5.74) is -0.0951. The van der Waals surface area contributed by atoms with Gasteiger partial charge in [-0.2, -0.15) is 0 Å². The molecule has 0 spiro atoms. The van der Waals surface area contributed by atoms with Gasteiger partial charge in [-0.3, -0.25) is 0 Å². The minimum absolute atomic E-state index is 0.257. The number of hydrogen-bond acceptors (Lipinski definition) is 6. The van der Waals surface area contributed by atoms with Crippen LogP contribution in [-0.4, -0.2) is 67.0 Å².